The number of fused-ring (bicyclic) bond motifs is 1. The molecule has 1 aromatic heterocycles. The molecule has 1 unspecified atom stereocenters. The molecule has 0 aromatic carbocycles. The lowest BCUT2D eigenvalue weighted by Crippen LogP contribution is -2.34. The van der Waals surface area contributed by atoms with Crippen molar-refractivity contribution in [2.24, 2.45) is 30.7 Å². The van der Waals surface area contributed by atoms with Gasteiger partial charge in [-0.2, -0.15) is 0 Å². The molecule has 2 aliphatic carbocycles. The zero-order valence-electron chi connectivity index (χ0n) is 12.7. The summed E-state index contributed by atoms with van der Waals surface area (Å²) in [6.07, 6.45) is 6.71. The van der Waals surface area contributed by atoms with E-state index in [1.807, 2.05) is 11.6 Å². The van der Waals surface area contributed by atoms with E-state index in [0.29, 0.717) is 13.1 Å². The number of carbonyl (C=O) groups is 2. The topological polar surface area (TPSA) is 75.4 Å². The maximum Gasteiger partial charge on any atom is 0.309 e. The molecule has 0 spiro atoms. The lowest BCUT2D eigenvalue weighted by atomic mass is 9.93. The molecule has 22 heavy (non-hydrogen) atoms. The summed E-state index contributed by atoms with van der Waals surface area (Å²) in [5.74, 6) is 0.307. The fourth-order valence-electron chi connectivity index (χ4n) is 4.43. The van der Waals surface area contributed by atoms with Crippen LogP contribution in [0.5, 0.6) is 0 Å². The first-order valence-corrected chi connectivity index (χ1v) is 8.02. The van der Waals surface area contributed by atoms with Gasteiger partial charge in [-0.05, 0) is 31.1 Å². The monoisotopic (exact) mass is 303 g/mol. The number of carboxylic acid groups (broad SMARTS) is 1. The average molecular weight is 303 g/mol. The minimum absolute atomic E-state index is 0.128. The summed E-state index contributed by atoms with van der Waals surface area (Å²) < 4.78 is 1.86. The smallest absolute Gasteiger partial charge is 0.309 e. The van der Waals surface area contributed by atoms with Crippen molar-refractivity contribution in [2.75, 3.05) is 13.1 Å². The van der Waals surface area contributed by atoms with E-state index in [1.54, 1.807) is 17.4 Å². The van der Waals surface area contributed by atoms with Crippen molar-refractivity contribution in [1.82, 2.24) is 14.5 Å². The van der Waals surface area contributed by atoms with Gasteiger partial charge < -0.3 is 14.6 Å². The Kier molecular flexibility index (Phi) is 3.03. The largest absolute Gasteiger partial charge is 0.481 e. The minimum Gasteiger partial charge on any atom is -0.481 e. The van der Waals surface area contributed by atoms with Crippen molar-refractivity contribution in [3.8, 4) is 0 Å². The molecule has 3 fully saturated rings. The van der Waals surface area contributed by atoms with Crippen molar-refractivity contribution in [1.29, 1.82) is 0 Å². The van der Waals surface area contributed by atoms with Gasteiger partial charge in [-0.15, -0.1) is 0 Å². The molecule has 1 aromatic rings. The SMILES string of the molecule is Cn1cncc1[C@@H]1CN(C(=O)C2C[C@@H]3C[C@@H]3C2)C[C@H]1C(=O)O. The summed E-state index contributed by atoms with van der Waals surface area (Å²) in [6.45, 7) is 0.830. The number of aryl methyl sites for hydroxylation is 1. The first-order valence-electron chi connectivity index (χ1n) is 8.02. The van der Waals surface area contributed by atoms with Crippen LogP contribution in [0, 0.1) is 23.7 Å². The van der Waals surface area contributed by atoms with Gasteiger partial charge in [0, 0.05) is 43.9 Å². The van der Waals surface area contributed by atoms with E-state index in [-0.39, 0.29) is 17.7 Å². The van der Waals surface area contributed by atoms with Crippen LogP contribution in [0.1, 0.15) is 30.9 Å². The Hall–Kier alpha value is -1.85. The first kappa shape index (κ1) is 13.8. The fraction of sp³-hybridized carbons (Fsp3) is 0.688. The number of rotatable bonds is 3. The van der Waals surface area contributed by atoms with Crippen LogP contribution in [0.2, 0.25) is 0 Å². The van der Waals surface area contributed by atoms with Crippen LogP contribution in [0.4, 0.5) is 0 Å². The Morgan fingerprint density at radius 1 is 1.23 bits per heavy atom. The predicted molar refractivity (Wildman–Crippen MR) is 78.0 cm³/mol. The maximum absolute atomic E-state index is 12.7. The Bertz CT molecular complexity index is 616. The molecule has 2 heterocycles. The van der Waals surface area contributed by atoms with Crippen molar-refractivity contribution in [3.05, 3.63) is 18.2 Å². The molecule has 0 radical (unpaired) electrons. The van der Waals surface area contributed by atoms with E-state index in [9.17, 15) is 14.7 Å². The summed E-state index contributed by atoms with van der Waals surface area (Å²) in [4.78, 5) is 30.2. The van der Waals surface area contributed by atoms with Gasteiger partial charge in [-0.25, -0.2) is 4.98 Å². The third-order valence-corrected chi connectivity index (χ3v) is 5.78. The highest BCUT2D eigenvalue weighted by Crippen LogP contribution is 2.55. The van der Waals surface area contributed by atoms with E-state index >= 15 is 0 Å². The highest BCUT2D eigenvalue weighted by atomic mass is 16.4. The second kappa shape index (κ2) is 4.83. The highest BCUT2D eigenvalue weighted by molar-refractivity contribution is 5.82. The van der Waals surface area contributed by atoms with Crippen LogP contribution in [0.15, 0.2) is 12.5 Å². The van der Waals surface area contributed by atoms with E-state index in [1.165, 1.54) is 6.42 Å². The molecule has 0 bridgehead atoms. The number of nitrogens with zero attached hydrogens (tertiary/aromatic N) is 3. The van der Waals surface area contributed by atoms with Gasteiger partial charge in [0.25, 0.3) is 0 Å². The lowest BCUT2D eigenvalue weighted by molar-refractivity contribution is -0.142. The Morgan fingerprint density at radius 2 is 1.95 bits per heavy atom. The van der Waals surface area contributed by atoms with E-state index in [2.05, 4.69) is 4.98 Å². The molecule has 5 atom stereocenters. The summed E-state index contributed by atoms with van der Waals surface area (Å²) >= 11 is 0. The van der Waals surface area contributed by atoms with Gasteiger partial charge in [-0.1, -0.05) is 0 Å². The van der Waals surface area contributed by atoms with Crippen molar-refractivity contribution >= 4 is 11.9 Å². The van der Waals surface area contributed by atoms with E-state index in [4.69, 9.17) is 0 Å². The molecule has 1 amide bonds. The number of aromatic nitrogens is 2. The molecule has 6 heteroatoms. The van der Waals surface area contributed by atoms with Crippen molar-refractivity contribution in [2.45, 2.75) is 25.2 Å². The summed E-state index contributed by atoms with van der Waals surface area (Å²) in [7, 11) is 1.87. The van der Waals surface area contributed by atoms with Gasteiger partial charge in [0.05, 0.1) is 12.2 Å². The van der Waals surface area contributed by atoms with E-state index < -0.39 is 11.9 Å². The lowest BCUT2D eigenvalue weighted by Gasteiger charge is -2.21. The number of imidazole rings is 1. The minimum atomic E-state index is -0.823. The third-order valence-electron chi connectivity index (χ3n) is 5.78. The van der Waals surface area contributed by atoms with Gasteiger partial charge in [-0.3, -0.25) is 9.59 Å². The molecule has 1 N–H and O–H groups in total. The molecule has 1 saturated heterocycles. The molecule has 1 aliphatic heterocycles. The predicted octanol–water partition coefficient (Wildman–Crippen LogP) is 1.09. The van der Waals surface area contributed by atoms with Gasteiger partial charge in [0.15, 0.2) is 0 Å². The second-order valence-electron chi connectivity index (χ2n) is 7.15. The van der Waals surface area contributed by atoms with Crippen LogP contribution in [-0.4, -0.2) is 44.5 Å². The first-order chi connectivity index (χ1) is 10.5. The number of likely N-dealkylation sites (tertiary alicyclic amines) is 1. The Morgan fingerprint density at radius 3 is 2.55 bits per heavy atom. The van der Waals surface area contributed by atoms with Crippen LogP contribution in [0.25, 0.3) is 0 Å². The van der Waals surface area contributed by atoms with Crippen LogP contribution in [-0.2, 0) is 16.6 Å². The standard InChI is InChI=1S/C16H21N3O3/c1-18-8-17-5-14(18)12-6-19(7-13(12)16(21)22)15(20)11-3-9-2-10(9)4-11/h5,8-13H,2-4,6-7H2,1H3,(H,21,22)/t9-,10+,11?,12-,13-/m1/s1. The van der Waals surface area contributed by atoms with Crippen LogP contribution >= 0.6 is 0 Å². The Labute approximate surface area is 129 Å². The van der Waals surface area contributed by atoms with Crippen molar-refractivity contribution < 1.29 is 14.7 Å². The zero-order valence-corrected chi connectivity index (χ0v) is 12.7. The van der Waals surface area contributed by atoms with Crippen LogP contribution < -0.4 is 0 Å². The summed E-state index contributed by atoms with van der Waals surface area (Å²) in [6, 6.07) is 0. The summed E-state index contributed by atoms with van der Waals surface area (Å²) in [5, 5.41) is 9.52. The summed E-state index contributed by atoms with van der Waals surface area (Å²) in [5.41, 5.74) is 0.900. The molecule has 6 nitrogen and oxygen atoms in total. The Balaban J connectivity index is 1.52. The van der Waals surface area contributed by atoms with E-state index in [0.717, 1.165) is 30.4 Å². The number of hydrogen-bond donors (Lipinski definition) is 1. The molecule has 118 valence electrons. The molecular weight excluding hydrogens is 282 g/mol. The molecule has 4 rings (SSSR count). The van der Waals surface area contributed by atoms with Gasteiger partial charge in [0.1, 0.15) is 0 Å². The van der Waals surface area contributed by atoms with Crippen molar-refractivity contribution in [3.63, 3.8) is 0 Å². The normalized spacial score (nSPS) is 36.4. The average Bonchev–Trinajstić information content (AvgIpc) is 2.91. The fourth-order valence-corrected chi connectivity index (χ4v) is 4.43. The number of carbonyl (C=O) groups excluding carboxylic acids is 1. The second-order valence-corrected chi connectivity index (χ2v) is 7.15. The maximum atomic E-state index is 12.7. The van der Waals surface area contributed by atoms with Gasteiger partial charge >= 0.3 is 5.97 Å². The number of amides is 1. The third kappa shape index (κ3) is 2.12. The number of aliphatic carboxylic acids is 1. The van der Waals surface area contributed by atoms with Gasteiger partial charge in [0.2, 0.25) is 5.91 Å². The molecular formula is C16H21N3O3. The number of carboxylic acids is 1. The quantitative estimate of drug-likeness (QED) is 0.907. The van der Waals surface area contributed by atoms with Crippen LogP contribution in [0.3, 0.4) is 0 Å². The highest BCUT2D eigenvalue weighted by Gasteiger charge is 2.50. The molecule has 3 aliphatic rings. The number of hydrogen-bond acceptors (Lipinski definition) is 3. The zero-order chi connectivity index (χ0) is 15.4. The molecule has 2 saturated carbocycles.